The molecule has 2 heteroatoms. The van der Waals surface area contributed by atoms with Gasteiger partial charge in [-0.2, -0.15) is 0 Å². The van der Waals surface area contributed by atoms with Gasteiger partial charge < -0.3 is 10.6 Å². The van der Waals surface area contributed by atoms with Gasteiger partial charge in [0.1, 0.15) is 0 Å². The summed E-state index contributed by atoms with van der Waals surface area (Å²) >= 11 is 0. The third kappa shape index (κ3) is 0.923. The summed E-state index contributed by atoms with van der Waals surface area (Å²) in [6.45, 7) is 3.41. The van der Waals surface area contributed by atoms with Crippen LogP contribution < -0.4 is 10.6 Å². The number of anilines is 1. The third-order valence-electron chi connectivity index (χ3n) is 3.36. The summed E-state index contributed by atoms with van der Waals surface area (Å²) in [4.78, 5) is 0. The largest absolute Gasteiger partial charge is 0.384 e. The zero-order chi connectivity index (χ0) is 8.73. The zero-order valence-electron chi connectivity index (χ0n) is 7.64. The van der Waals surface area contributed by atoms with E-state index in [1.54, 1.807) is 0 Å². The van der Waals surface area contributed by atoms with Gasteiger partial charge in [-0.25, -0.2) is 0 Å². The first kappa shape index (κ1) is 7.39. The van der Waals surface area contributed by atoms with Crippen LogP contribution in [0.4, 0.5) is 5.69 Å². The second-order valence-electron chi connectivity index (χ2n) is 4.11. The van der Waals surface area contributed by atoms with E-state index in [4.69, 9.17) is 0 Å². The van der Waals surface area contributed by atoms with Crippen LogP contribution in [0.25, 0.3) is 0 Å². The van der Waals surface area contributed by atoms with Crippen LogP contribution in [0, 0.1) is 0 Å². The summed E-state index contributed by atoms with van der Waals surface area (Å²) in [6, 6.07) is 8.70. The van der Waals surface area contributed by atoms with Crippen LogP contribution >= 0.6 is 0 Å². The molecule has 1 aromatic rings. The maximum atomic E-state index is 3.49. The Kier molecular flexibility index (Phi) is 1.41. The molecule has 3 rings (SSSR count). The Bertz CT molecular complexity index is 327. The highest BCUT2D eigenvalue weighted by Crippen LogP contribution is 2.40. The van der Waals surface area contributed by atoms with Crippen LogP contribution in [0.1, 0.15) is 12.0 Å². The van der Waals surface area contributed by atoms with Gasteiger partial charge in [-0.3, -0.25) is 0 Å². The number of para-hydroxylation sites is 1. The van der Waals surface area contributed by atoms with Crippen molar-refractivity contribution in [3.05, 3.63) is 29.8 Å². The fourth-order valence-electron chi connectivity index (χ4n) is 2.58. The minimum absolute atomic E-state index is 0.399. The maximum absolute atomic E-state index is 3.49. The minimum atomic E-state index is 0.399. The van der Waals surface area contributed by atoms with E-state index in [0.717, 1.165) is 19.6 Å². The summed E-state index contributed by atoms with van der Waals surface area (Å²) in [5, 5.41) is 6.95. The lowest BCUT2D eigenvalue weighted by molar-refractivity contribution is 0.522. The summed E-state index contributed by atoms with van der Waals surface area (Å²) in [5.74, 6) is 0. The van der Waals surface area contributed by atoms with Crippen molar-refractivity contribution in [3.8, 4) is 0 Å². The third-order valence-corrected chi connectivity index (χ3v) is 3.36. The molecule has 2 aliphatic heterocycles. The summed E-state index contributed by atoms with van der Waals surface area (Å²) in [6.07, 6.45) is 1.27. The molecular formula is C11H14N2. The molecule has 2 nitrogen and oxygen atoms in total. The molecule has 68 valence electrons. The number of rotatable bonds is 0. The van der Waals surface area contributed by atoms with Crippen molar-refractivity contribution in [2.75, 3.05) is 25.0 Å². The van der Waals surface area contributed by atoms with Gasteiger partial charge in [-0.15, -0.1) is 0 Å². The second-order valence-corrected chi connectivity index (χ2v) is 4.11. The molecule has 0 aromatic heterocycles. The Morgan fingerprint density at radius 1 is 1.15 bits per heavy atom. The van der Waals surface area contributed by atoms with Crippen molar-refractivity contribution in [1.82, 2.24) is 5.32 Å². The van der Waals surface area contributed by atoms with Crippen LogP contribution in [0.2, 0.25) is 0 Å². The number of benzene rings is 1. The van der Waals surface area contributed by atoms with Gasteiger partial charge >= 0.3 is 0 Å². The number of fused-ring (bicyclic) bond motifs is 2. The number of hydrogen-bond acceptors (Lipinski definition) is 2. The highest BCUT2D eigenvalue weighted by molar-refractivity contribution is 5.60. The van der Waals surface area contributed by atoms with Crippen molar-refractivity contribution in [3.63, 3.8) is 0 Å². The Morgan fingerprint density at radius 2 is 2.08 bits per heavy atom. The lowest BCUT2D eigenvalue weighted by Crippen LogP contribution is -2.30. The predicted octanol–water partition coefficient (Wildman–Crippen LogP) is 1.34. The average Bonchev–Trinajstić information content (AvgIpc) is 2.78. The smallest absolute Gasteiger partial charge is 0.0379 e. The van der Waals surface area contributed by atoms with Crippen LogP contribution in [0.15, 0.2) is 24.3 Å². The standard InChI is InChI=1S/C11H14N2/c1-2-4-10-9(3-1)11(8-13-10)5-6-12-7-11/h1-4,12-13H,5-8H2. The van der Waals surface area contributed by atoms with E-state index in [1.807, 2.05) is 0 Å². The molecule has 0 aliphatic carbocycles. The molecule has 0 radical (unpaired) electrons. The van der Waals surface area contributed by atoms with Gasteiger partial charge in [-0.05, 0) is 24.6 Å². The molecular weight excluding hydrogens is 160 g/mol. The van der Waals surface area contributed by atoms with E-state index < -0.39 is 0 Å². The van der Waals surface area contributed by atoms with Crippen molar-refractivity contribution >= 4 is 5.69 Å². The van der Waals surface area contributed by atoms with Crippen LogP contribution in [0.5, 0.6) is 0 Å². The van der Waals surface area contributed by atoms with Crippen molar-refractivity contribution < 1.29 is 0 Å². The lowest BCUT2D eigenvalue weighted by Gasteiger charge is -2.21. The Morgan fingerprint density at radius 3 is 2.92 bits per heavy atom. The molecule has 2 aliphatic rings. The molecule has 1 aromatic carbocycles. The fourth-order valence-corrected chi connectivity index (χ4v) is 2.58. The molecule has 1 spiro atoms. The molecule has 13 heavy (non-hydrogen) atoms. The average molecular weight is 174 g/mol. The van der Waals surface area contributed by atoms with Gasteiger partial charge in [0.15, 0.2) is 0 Å². The van der Waals surface area contributed by atoms with E-state index in [1.165, 1.54) is 17.7 Å². The summed E-state index contributed by atoms with van der Waals surface area (Å²) in [7, 11) is 0. The Labute approximate surface area is 78.3 Å². The fraction of sp³-hybridized carbons (Fsp3) is 0.455. The van der Waals surface area contributed by atoms with Crippen LogP contribution in [-0.4, -0.2) is 19.6 Å². The molecule has 1 saturated heterocycles. The SMILES string of the molecule is c1ccc2c(c1)NCC21CCNC1. The molecule has 0 amide bonds. The first-order valence-corrected chi connectivity index (χ1v) is 4.95. The Hall–Kier alpha value is -1.02. The summed E-state index contributed by atoms with van der Waals surface area (Å²) < 4.78 is 0. The maximum Gasteiger partial charge on any atom is 0.0379 e. The molecule has 0 saturated carbocycles. The van der Waals surface area contributed by atoms with Gasteiger partial charge in [0.2, 0.25) is 0 Å². The van der Waals surface area contributed by atoms with E-state index in [2.05, 4.69) is 34.9 Å². The van der Waals surface area contributed by atoms with E-state index in [0.29, 0.717) is 5.41 Å². The van der Waals surface area contributed by atoms with E-state index in [9.17, 15) is 0 Å². The molecule has 1 unspecified atom stereocenters. The van der Waals surface area contributed by atoms with Gasteiger partial charge in [0, 0.05) is 24.2 Å². The molecule has 2 heterocycles. The van der Waals surface area contributed by atoms with Crippen molar-refractivity contribution in [2.24, 2.45) is 0 Å². The molecule has 1 fully saturated rings. The second kappa shape index (κ2) is 2.48. The topological polar surface area (TPSA) is 24.1 Å². The normalized spacial score (nSPS) is 30.5. The highest BCUT2D eigenvalue weighted by Gasteiger charge is 2.40. The van der Waals surface area contributed by atoms with Gasteiger partial charge in [0.25, 0.3) is 0 Å². The molecule has 0 bridgehead atoms. The number of hydrogen-bond donors (Lipinski definition) is 2. The van der Waals surface area contributed by atoms with Gasteiger partial charge in [-0.1, -0.05) is 18.2 Å². The predicted molar refractivity (Wildman–Crippen MR) is 54.1 cm³/mol. The zero-order valence-corrected chi connectivity index (χ0v) is 7.64. The minimum Gasteiger partial charge on any atom is -0.384 e. The van der Waals surface area contributed by atoms with Crippen molar-refractivity contribution in [2.45, 2.75) is 11.8 Å². The summed E-state index contributed by atoms with van der Waals surface area (Å²) in [5.41, 5.74) is 3.25. The van der Waals surface area contributed by atoms with Crippen molar-refractivity contribution in [1.29, 1.82) is 0 Å². The first-order chi connectivity index (χ1) is 6.41. The highest BCUT2D eigenvalue weighted by atomic mass is 15.0. The quantitative estimate of drug-likeness (QED) is 0.620. The number of nitrogens with one attached hydrogen (secondary N) is 2. The van der Waals surface area contributed by atoms with Gasteiger partial charge in [0.05, 0.1) is 0 Å². The Balaban J connectivity index is 2.11. The van der Waals surface area contributed by atoms with E-state index in [-0.39, 0.29) is 0 Å². The monoisotopic (exact) mass is 174 g/mol. The van der Waals surface area contributed by atoms with Crippen LogP contribution in [0.3, 0.4) is 0 Å². The molecule has 2 N–H and O–H groups in total. The van der Waals surface area contributed by atoms with Crippen LogP contribution in [-0.2, 0) is 5.41 Å². The lowest BCUT2D eigenvalue weighted by atomic mass is 9.82. The van der Waals surface area contributed by atoms with E-state index >= 15 is 0 Å². The molecule has 1 atom stereocenters. The first-order valence-electron chi connectivity index (χ1n) is 4.95.